The van der Waals surface area contributed by atoms with E-state index in [0.29, 0.717) is 17.9 Å². The SMILES string of the molecule is CCCNC(=O)c1ccc(Nc2ccc(C(=O)OC)cc2)nn1. The van der Waals surface area contributed by atoms with Gasteiger partial charge in [0, 0.05) is 12.2 Å². The predicted molar refractivity (Wildman–Crippen MR) is 85.7 cm³/mol. The molecule has 2 N–H and O–H groups in total. The molecule has 120 valence electrons. The van der Waals surface area contributed by atoms with Crippen LogP contribution in [0, 0.1) is 0 Å². The summed E-state index contributed by atoms with van der Waals surface area (Å²) >= 11 is 0. The monoisotopic (exact) mass is 314 g/mol. The molecule has 1 heterocycles. The van der Waals surface area contributed by atoms with Crippen molar-refractivity contribution < 1.29 is 14.3 Å². The van der Waals surface area contributed by atoms with Crippen LogP contribution in [0.25, 0.3) is 0 Å². The average molecular weight is 314 g/mol. The molecule has 0 aliphatic heterocycles. The van der Waals surface area contributed by atoms with Gasteiger partial charge in [0.05, 0.1) is 12.7 Å². The molecular weight excluding hydrogens is 296 g/mol. The topological polar surface area (TPSA) is 93.2 Å². The first-order valence-electron chi connectivity index (χ1n) is 7.21. The van der Waals surface area contributed by atoms with Crippen molar-refractivity contribution in [1.82, 2.24) is 15.5 Å². The highest BCUT2D eigenvalue weighted by molar-refractivity contribution is 5.92. The van der Waals surface area contributed by atoms with E-state index < -0.39 is 5.97 Å². The van der Waals surface area contributed by atoms with Crippen molar-refractivity contribution in [2.24, 2.45) is 0 Å². The number of benzene rings is 1. The molecule has 23 heavy (non-hydrogen) atoms. The van der Waals surface area contributed by atoms with Gasteiger partial charge in [0.15, 0.2) is 11.5 Å². The van der Waals surface area contributed by atoms with Gasteiger partial charge in [-0.2, -0.15) is 0 Å². The fourth-order valence-corrected chi connectivity index (χ4v) is 1.80. The number of carbonyl (C=O) groups excluding carboxylic acids is 2. The Morgan fingerprint density at radius 2 is 1.83 bits per heavy atom. The van der Waals surface area contributed by atoms with Crippen LogP contribution in [0.5, 0.6) is 0 Å². The number of nitrogens with one attached hydrogen (secondary N) is 2. The second-order valence-electron chi connectivity index (χ2n) is 4.75. The molecule has 0 radical (unpaired) electrons. The molecule has 7 nitrogen and oxygen atoms in total. The maximum absolute atomic E-state index is 11.7. The minimum Gasteiger partial charge on any atom is -0.465 e. The van der Waals surface area contributed by atoms with Crippen LogP contribution in [0.2, 0.25) is 0 Å². The van der Waals surface area contributed by atoms with Crippen LogP contribution in [-0.2, 0) is 4.74 Å². The Bertz CT molecular complexity index is 669. The lowest BCUT2D eigenvalue weighted by Crippen LogP contribution is -2.25. The van der Waals surface area contributed by atoms with Crippen molar-refractivity contribution in [2.75, 3.05) is 19.0 Å². The third kappa shape index (κ3) is 4.50. The molecule has 0 fully saturated rings. The number of methoxy groups -OCH3 is 1. The molecule has 2 aromatic rings. The first kappa shape index (κ1) is 16.4. The molecule has 0 saturated heterocycles. The van der Waals surface area contributed by atoms with Crippen LogP contribution in [0.15, 0.2) is 36.4 Å². The van der Waals surface area contributed by atoms with Crippen LogP contribution < -0.4 is 10.6 Å². The summed E-state index contributed by atoms with van der Waals surface area (Å²) in [7, 11) is 1.34. The Morgan fingerprint density at radius 1 is 1.09 bits per heavy atom. The Kier molecular flexibility index (Phi) is 5.62. The highest BCUT2D eigenvalue weighted by Crippen LogP contribution is 2.15. The maximum Gasteiger partial charge on any atom is 0.337 e. The Morgan fingerprint density at radius 3 is 2.39 bits per heavy atom. The van der Waals surface area contributed by atoms with E-state index in [0.717, 1.165) is 12.1 Å². The van der Waals surface area contributed by atoms with E-state index in [1.807, 2.05) is 6.92 Å². The third-order valence-corrected chi connectivity index (χ3v) is 3.01. The normalized spacial score (nSPS) is 10.0. The number of hydrogen-bond acceptors (Lipinski definition) is 6. The second-order valence-corrected chi connectivity index (χ2v) is 4.75. The van der Waals surface area contributed by atoms with Gasteiger partial charge in [0.1, 0.15) is 0 Å². The molecule has 0 aliphatic carbocycles. The van der Waals surface area contributed by atoms with Crippen molar-refractivity contribution in [3.63, 3.8) is 0 Å². The van der Waals surface area contributed by atoms with Crippen molar-refractivity contribution in [3.05, 3.63) is 47.7 Å². The van der Waals surface area contributed by atoms with Gasteiger partial charge in [-0.3, -0.25) is 4.79 Å². The summed E-state index contributed by atoms with van der Waals surface area (Å²) in [6.07, 6.45) is 0.861. The van der Waals surface area contributed by atoms with Crippen LogP contribution in [0.4, 0.5) is 11.5 Å². The summed E-state index contributed by atoms with van der Waals surface area (Å²) in [4.78, 5) is 23.1. The molecule has 0 aliphatic rings. The lowest BCUT2D eigenvalue weighted by Gasteiger charge is -2.07. The van der Waals surface area contributed by atoms with E-state index >= 15 is 0 Å². The lowest BCUT2D eigenvalue weighted by atomic mass is 10.2. The molecule has 1 aromatic heterocycles. The summed E-state index contributed by atoms with van der Waals surface area (Å²) in [5, 5.41) is 13.6. The number of esters is 1. The Labute approximate surface area is 134 Å². The largest absolute Gasteiger partial charge is 0.465 e. The third-order valence-electron chi connectivity index (χ3n) is 3.01. The lowest BCUT2D eigenvalue weighted by molar-refractivity contribution is 0.0600. The Balaban J connectivity index is 2.00. The fraction of sp³-hybridized carbons (Fsp3) is 0.250. The number of nitrogens with zero attached hydrogens (tertiary/aromatic N) is 2. The number of rotatable bonds is 6. The van der Waals surface area contributed by atoms with E-state index in [1.54, 1.807) is 36.4 Å². The van der Waals surface area contributed by atoms with Gasteiger partial charge < -0.3 is 15.4 Å². The zero-order valence-corrected chi connectivity index (χ0v) is 13.0. The summed E-state index contributed by atoms with van der Waals surface area (Å²) in [6.45, 7) is 2.58. The molecule has 1 aromatic carbocycles. The zero-order chi connectivity index (χ0) is 16.7. The Hall–Kier alpha value is -2.96. The highest BCUT2D eigenvalue weighted by atomic mass is 16.5. The summed E-state index contributed by atoms with van der Waals surface area (Å²) in [5.41, 5.74) is 1.48. The predicted octanol–water partition coefficient (Wildman–Crippen LogP) is 2.15. The van der Waals surface area contributed by atoms with Crippen molar-refractivity contribution >= 4 is 23.4 Å². The summed E-state index contributed by atoms with van der Waals surface area (Å²) in [5.74, 6) is -0.130. The summed E-state index contributed by atoms with van der Waals surface area (Å²) in [6, 6.07) is 10.0. The van der Waals surface area contributed by atoms with Gasteiger partial charge in [0.2, 0.25) is 0 Å². The number of carbonyl (C=O) groups is 2. The van der Waals surface area contributed by atoms with Crippen molar-refractivity contribution in [1.29, 1.82) is 0 Å². The van der Waals surface area contributed by atoms with Crippen molar-refractivity contribution in [2.45, 2.75) is 13.3 Å². The standard InChI is InChI=1S/C16H18N4O3/c1-3-10-17-15(21)13-8-9-14(20-19-13)18-12-6-4-11(5-7-12)16(22)23-2/h4-9H,3,10H2,1-2H3,(H,17,21)(H,18,20). The van der Waals surface area contributed by atoms with Gasteiger partial charge >= 0.3 is 5.97 Å². The van der Waals surface area contributed by atoms with Gasteiger partial charge in [-0.1, -0.05) is 6.92 Å². The highest BCUT2D eigenvalue weighted by Gasteiger charge is 2.08. The van der Waals surface area contributed by atoms with Crippen LogP contribution in [0.1, 0.15) is 34.2 Å². The molecular formula is C16H18N4O3. The molecule has 0 unspecified atom stereocenters. The summed E-state index contributed by atoms with van der Waals surface area (Å²) < 4.78 is 4.64. The van der Waals surface area contributed by atoms with Gasteiger partial charge in [-0.05, 0) is 42.8 Å². The van der Waals surface area contributed by atoms with Crippen LogP contribution >= 0.6 is 0 Å². The molecule has 1 amide bonds. The molecule has 0 spiro atoms. The van der Waals surface area contributed by atoms with Crippen molar-refractivity contribution in [3.8, 4) is 0 Å². The number of ether oxygens (including phenoxy) is 1. The first-order chi connectivity index (χ1) is 11.1. The molecule has 7 heteroatoms. The quantitative estimate of drug-likeness (QED) is 0.794. The average Bonchev–Trinajstić information content (AvgIpc) is 2.60. The number of amides is 1. The number of hydrogen-bond donors (Lipinski definition) is 2. The van der Waals surface area contributed by atoms with E-state index in [9.17, 15) is 9.59 Å². The second kappa shape index (κ2) is 7.88. The fourth-order valence-electron chi connectivity index (χ4n) is 1.80. The van der Waals surface area contributed by atoms with E-state index in [2.05, 4.69) is 25.6 Å². The first-order valence-corrected chi connectivity index (χ1v) is 7.21. The molecule has 0 bridgehead atoms. The van der Waals surface area contributed by atoms with Crippen LogP contribution in [0.3, 0.4) is 0 Å². The van der Waals surface area contributed by atoms with Crippen LogP contribution in [-0.4, -0.2) is 35.7 Å². The van der Waals surface area contributed by atoms with Gasteiger partial charge in [0.25, 0.3) is 5.91 Å². The van der Waals surface area contributed by atoms with Gasteiger partial charge in [-0.15, -0.1) is 10.2 Å². The maximum atomic E-state index is 11.7. The minimum atomic E-state index is -0.390. The van der Waals surface area contributed by atoms with E-state index in [-0.39, 0.29) is 11.6 Å². The van der Waals surface area contributed by atoms with E-state index in [1.165, 1.54) is 7.11 Å². The smallest absolute Gasteiger partial charge is 0.337 e. The number of anilines is 2. The van der Waals surface area contributed by atoms with Gasteiger partial charge in [-0.25, -0.2) is 4.79 Å². The molecule has 2 rings (SSSR count). The number of aromatic nitrogens is 2. The molecule has 0 saturated carbocycles. The molecule has 0 atom stereocenters. The minimum absolute atomic E-state index is 0.242. The zero-order valence-electron chi connectivity index (χ0n) is 13.0. The van der Waals surface area contributed by atoms with E-state index in [4.69, 9.17) is 0 Å².